The van der Waals surface area contributed by atoms with Gasteiger partial charge in [-0.15, -0.1) is 0 Å². The molecule has 0 aliphatic carbocycles. The fourth-order valence-corrected chi connectivity index (χ4v) is 2.72. The van der Waals surface area contributed by atoms with E-state index in [4.69, 9.17) is 9.47 Å². The number of hydrogen-bond acceptors (Lipinski definition) is 4. The zero-order chi connectivity index (χ0) is 15.0. The van der Waals surface area contributed by atoms with Crippen molar-refractivity contribution in [2.75, 3.05) is 19.8 Å². The molecule has 0 aliphatic rings. The van der Waals surface area contributed by atoms with Gasteiger partial charge in [-0.3, -0.25) is 4.68 Å². The molecule has 1 aromatic rings. The van der Waals surface area contributed by atoms with Crippen LogP contribution in [0.4, 0.5) is 0 Å². The molecule has 0 bridgehead atoms. The van der Waals surface area contributed by atoms with Crippen molar-refractivity contribution >= 4 is 15.9 Å². The van der Waals surface area contributed by atoms with Crippen LogP contribution in [-0.2, 0) is 16.0 Å². The number of likely N-dealkylation sites (N-methyl/N-ethyl adjacent to an activating group) is 1. The first-order chi connectivity index (χ1) is 9.69. The number of ether oxygens (including phenoxy) is 2. The van der Waals surface area contributed by atoms with Gasteiger partial charge in [0, 0.05) is 19.8 Å². The van der Waals surface area contributed by atoms with Gasteiger partial charge < -0.3 is 14.8 Å². The third kappa shape index (κ3) is 4.55. The molecular formula is C14H26BrN3O2. The monoisotopic (exact) mass is 347 g/mol. The molecule has 0 radical (unpaired) electrons. The topological polar surface area (TPSA) is 48.3 Å². The fourth-order valence-electron chi connectivity index (χ4n) is 2.18. The second kappa shape index (κ2) is 9.50. The molecular weight excluding hydrogens is 322 g/mol. The van der Waals surface area contributed by atoms with Crippen LogP contribution in [0.1, 0.15) is 45.9 Å². The van der Waals surface area contributed by atoms with Gasteiger partial charge in [-0.1, -0.05) is 13.8 Å². The molecule has 1 unspecified atom stereocenters. The van der Waals surface area contributed by atoms with Crippen LogP contribution >= 0.6 is 15.9 Å². The Labute approximate surface area is 130 Å². The Balaban J connectivity index is 3.06. The van der Waals surface area contributed by atoms with Crippen molar-refractivity contribution in [1.82, 2.24) is 15.1 Å². The summed E-state index contributed by atoms with van der Waals surface area (Å²) in [6.45, 7) is 11.1. The largest absolute Gasteiger partial charge is 0.351 e. The molecule has 1 N–H and O–H groups in total. The summed E-state index contributed by atoms with van der Waals surface area (Å²) in [7, 11) is 0. The van der Waals surface area contributed by atoms with E-state index in [-0.39, 0.29) is 12.3 Å². The number of nitrogens with one attached hydrogen (secondary N) is 1. The molecule has 0 spiro atoms. The Morgan fingerprint density at radius 2 is 1.90 bits per heavy atom. The maximum Gasteiger partial charge on any atom is 0.178 e. The Bertz CT molecular complexity index is 378. The van der Waals surface area contributed by atoms with Gasteiger partial charge in [0.1, 0.15) is 6.04 Å². The van der Waals surface area contributed by atoms with Crippen molar-refractivity contribution in [3.8, 4) is 0 Å². The molecule has 0 aromatic carbocycles. The SMILES string of the molecule is CCCn1ncc(Br)c1C(NCC)C(OCC)OCC. The highest BCUT2D eigenvalue weighted by Crippen LogP contribution is 2.28. The smallest absolute Gasteiger partial charge is 0.178 e. The molecule has 0 saturated carbocycles. The lowest BCUT2D eigenvalue weighted by Crippen LogP contribution is -2.37. The van der Waals surface area contributed by atoms with E-state index >= 15 is 0 Å². The first-order valence-electron chi connectivity index (χ1n) is 7.37. The quantitative estimate of drug-likeness (QED) is 0.660. The number of hydrogen-bond donors (Lipinski definition) is 1. The Morgan fingerprint density at radius 3 is 2.40 bits per heavy atom. The molecule has 0 aliphatic heterocycles. The molecule has 20 heavy (non-hydrogen) atoms. The first kappa shape index (κ1) is 17.6. The summed E-state index contributed by atoms with van der Waals surface area (Å²) in [6.07, 6.45) is 2.56. The van der Waals surface area contributed by atoms with Crippen molar-refractivity contribution in [3.63, 3.8) is 0 Å². The summed E-state index contributed by atoms with van der Waals surface area (Å²) in [5.74, 6) is 0. The summed E-state index contributed by atoms with van der Waals surface area (Å²) < 4.78 is 14.5. The molecule has 1 aromatic heterocycles. The molecule has 1 atom stereocenters. The van der Waals surface area contributed by atoms with Crippen LogP contribution in [0.5, 0.6) is 0 Å². The van der Waals surface area contributed by atoms with Crippen LogP contribution in [0, 0.1) is 0 Å². The summed E-state index contributed by atoms with van der Waals surface area (Å²) in [5.41, 5.74) is 1.08. The minimum atomic E-state index is -0.312. The van der Waals surface area contributed by atoms with Gasteiger partial charge in [0.25, 0.3) is 0 Å². The van der Waals surface area contributed by atoms with E-state index in [0.29, 0.717) is 13.2 Å². The lowest BCUT2D eigenvalue weighted by Gasteiger charge is -2.28. The molecule has 5 nitrogen and oxygen atoms in total. The second-order valence-corrected chi connectivity index (χ2v) is 5.27. The molecule has 1 heterocycles. The van der Waals surface area contributed by atoms with E-state index in [2.05, 4.69) is 40.2 Å². The van der Waals surface area contributed by atoms with Crippen molar-refractivity contribution < 1.29 is 9.47 Å². The standard InChI is InChI=1S/C14H26BrN3O2/c1-5-9-18-13(11(15)10-17-18)12(16-6-2)14(19-7-3)20-8-4/h10,12,14,16H,5-9H2,1-4H3. The zero-order valence-electron chi connectivity index (χ0n) is 12.9. The van der Waals surface area contributed by atoms with Gasteiger partial charge in [0.05, 0.1) is 16.4 Å². The van der Waals surface area contributed by atoms with Gasteiger partial charge in [-0.05, 0) is 42.7 Å². The van der Waals surface area contributed by atoms with Gasteiger partial charge in [0.15, 0.2) is 6.29 Å². The van der Waals surface area contributed by atoms with E-state index in [9.17, 15) is 0 Å². The number of halogens is 1. The van der Waals surface area contributed by atoms with Crippen LogP contribution in [0.2, 0.25) is 0 Å². The van der Waals surface area contributed by atoms with E-state index in [1.807, 2.05) is 24.7 Å². The lowest BCUT2D eigenvalue weighted by atomic mass is 10.2. The average Bonchev–Trinajstić information content (AvgIpc) is 2.78. The Morgan fingerprint density at radius 1 is 1.25 bits per heavy atom. The van der Waals surface area contributed by atoms with E-state index in [0.717, 1.165) is 29.7 Å². The highest BCUT2D eigenvalue weighted by Gasteiger charge is 2.28. The number of aryl methyl sites for hydroxylation is 1. The van der Waals surface area contributed by atoms with Crippen molar-refractivity contribution in [2.24, 2.45) is 0 Å². The number of aromatic nitrogens is 2. The summed E-state index contributed by atoms with van der Waals surface area (Å²) in [4.78, 5) is 0. The predicted octanol–water partition coefficient (Wildman–Crippen LogP) is 3.11. The third-order valence-corrected chi connectivity index (χ3v) is 3.53. The minimum absolute atomic E-state index is 0.0386. The average molecular weight is 348 g/mol. The van der Waals surface area contributed by atoms with Gasteiger partial charge >= 0.3 is 0 Å². The highest BCUT2D eigenvalue weighted by atomic mass is 79.9. The van der Waals surface area contributed by atoms with E-state index in [1.54, 1.807) is 0 Å². The summed E-state index contributed by atoms with van der Waals surface area (Å²) in [6, 6.07) is -0.0386. The molecule has 116 valence electrons. The van der Waals surface area contributed by atoms with Crippen molar-refractivity contribution in [3.05, 3.63) is 16.4 Å². The zero-order valence-corrected chi connectivity index (χ0v) is 14.4. The first-order valence-corrected chi connectivity index (χ1v) is 8.16. The Kier molecular flexibility index (Phi) is 8.37. The summed E-state index contributed by atoms with van der Waals surface area (Å²) >= 11 is 3.59. The van der Waals surface area contributed by atoms with E-state index < -0.39 is 0 Å². The molecule has 6 heteroatoms. The van der Waals surface area contributed by atoms with Crippen LogP contribution in [0.15, 0.2) is 10.7 Å². The Hall–Kier alpha value is -0.430. The third-order valence-electron chi connectivity index (χ3n) is 2.92. The van der Waals surface area contributed by atoms with E-state index in [1.165, 1.54) is 0 Å². The highest BCUT2D eigenvalue weighted by molar-refractivity contribution is 9.10. The lowest BCUT2D eigenvalue weighted by molar-refractivity contribution is -0.156. The number of nitrogens with zero attached hydrogens (tertiary/aromatic N) is 2. The minimum Gasteiger partial charge on any atom is -0.351 e. The molecule has 0 saturated heterocycles. The summed E-state index contributed by atoms with van der Waals surface area (Å²) in [5, 5.41) is 7.88. The van der Waals surface area contributed by atoms with Crippen LogP contribution < -0.4 is 5.32 Å². The van der Waals surface area contributed by atoms with Crippen molar-refractivity contribution in [1.29, 1.82) is 0 Å². The molecule has 0 amide bonds. The maximum atomic E-state index is 5.76. The fraction of sp³-hybridized carbons (Fsp3) is 0.786. The molecule has 0 fully saturated rings. The van der Waals surface area contributed by atoms with Gasteiger partial charge in [-0.25, -0.2) is 0 Å². The predicted molar refractivity (Wildman–Crippen MR) is 83.7 cm³/mol. The van der Waals surface area contributed by atoms with Gasteiger partial charge in [-0.2, -0.15) is 5.10 Å². The van der Waals surface area contributed by atoms with Crippen LogP contribution in [-0.4, -0.2) is 35.8 Å². The van der Waals surface area contributed by atoms with Crippen molar-refractivity contribution in [2.45, 2.75) is 53.0 Å². The second-order valence-electron chi connectivity index (χ2n) is 4.42. The van der Waals surface area contributed by atoms with Gasteiger partial charge in [0.2, 0.25) is 0 Å². The number of rotatable bonds is 10. The normalized spacial score (nSPS) is 13.1. The maximum absolute atomic E-state index is 5.76. The van der Waals surface area contributed by atoms with Crippen LogP contribution in [0.25, 0.3) is 0 Å². The van der Waals surface area contributed by atoms with Crippen LogP contribution in [0.3, 0.4) is 0 Å². The molecule has 1 rings (SSSR count).